The van der Waals surface area contributed by atoms with E-state index < -0.39 is 46.4 Å². The largest absolute Gasteiger partial charge is 1.00 e. The fourth-order valence-electron chi connectivity index (χ4n) is 3.37. The van der Waals surface area contributed by atoms with Gasteiger partial charge in [-0.3, -0.25) is 0 Å². The molecule has 0 amide bonds. The molecule has 0 unspecified atom stereocenters. The molecule has 4 rings (SSSR count). The predicted molar refractivity (Wildman–Crippen MR) is 120 cm³/mol. The molecule has 0 radical (unpaired) electrons. The Balaban J connectivity index is 0.00000441. The van der Waals surface area contributed by atoms with Crippen LogP contribution in [0.15, 0.2) is 34.6 Å². The van der Waals surface area contributed by atoms with Crippen molar-refractivity contribution in [3.8, 4) is 29.7 Å². The molecule has 17 nitrogen and oxygen atoms in total. The maximum absolute atomic E-state index is 11.6. The van der Waals surface area contributed by atoms with E-state index in [1.807, 2.05) is 6.07 Å². The van der Waals surface area contributed by atoms with E-state index in [4.69, 9.17) is 5.73 Å². The van der Waals surface area contributed by atoms with Gasteiger partial charge >= 0.3 is 206 Å². The second kappa shape index (κ2) is 18.2. The number of aromatic carboxylic acids is 2. The minimum Gasteiger partial charge on any atom is -0.844 e. The van der Waals surface area contributed by atoms with Crippen LogP contribution in [0, 0.1) is 11.3 Å². The number of hydrogen-bond donors (Lipinski definition) is 1. The Morgan fingerprint density at radius 2 is 1.44 bits per heavy atom. The smallest absolute Gasteiger partial charge is 0.844 e. The molecule has 1 aromatic carbocycles. The van der Waals surface area contributed by atoms with Crippen LogP contribution in [0.2, 0.25) is 0 Å². The third kappa shape index (κ3) is 10.3. The van der Waals surface area contributed by atoms with E-state index in [1.165, 1.54) is 0 Å². The Hall–Kier alpha value is 0.625. The van der Waals surface area contributed by atoms with Crippen LogP contribution in [0.3, 0.4) is 0 Å². The zero-order valence-corrected chi connectivity index (χ0v) is 36.8. The third-order valence-corrected chi connectivity index (χ3v) is 5.12. The van der Waals surface area contributed by atoms with Crippen LogP contribution in [0.25, 0.3) is 11.6 Å². The molecule has 4 aromatic rings. The van der Waals surface area contributed by atoms with Gasteiger partial charge in [0.2, 0.25) is 0 Å². The normalized spacial score (nSPS) is 10.5. The number of azo groups is 1. The van der Waals surface area contributed by atoms with Gasteiger partial charge in [0.1, 0.15) is 11.6 Å². The van der Waals surface area contributed by atoms with Crippen molar-refractivity contribution >= 4 is 29.3 Å². The summed E-state index contributed by atoms with van der Waals surface area (Å²) in [6.45, 7) is 5.30. The summed E-state index contributed by atoms with van der Waals surface area (Å²) in [4.78, 5) is 33.0. The number of anilines is 1. The number of nitrogen functional groups attached to an aromatic ring is 1. The molecular weight excluding hydrogens is 671 g/mol. The molecule has 198 valence electrons. The van der Waals surface area contributed by atoms with Crippen LogP contribution < -0.4 is 232 Å². The van der Waals surface area contributed by atoms with Gasteiger partial charge in [-0.15, -0.1) is 10.2 Å². The SMILES string of the molecule is CC(C)(C)c1nn(-c2nc([O-])nc([O-])n2)c(N)c1N=Nc1c(C#N)cnn1-c1cc(C(=O)[O-])cc(C(=O)[O-])c1.[K+].[K+].[K+].[K+]. The van der Waals surface area contributed by atoms with Crippen molar-refractivity contribution in [2.75, 3.05) is 5.73 Å². The average molecular weight is 686 g/mol. The number of carboxylic acid groups (broad SMARTS) is 2. The Morgan fingerprint density at radius 1 is 0.907 bits per heavy atom. The Labute approximate surface area is 413 Å². The number of nitrogens with two attached hydrogens (primary N) is 1. The topological polar surface area (TPSA) is 275 Å². The molecule has 0 aliphatic rings. The zero-order valence-electron chi connectivity index (χ0n) is 24.3. The van der Waals surface area contributed by atoms with Gasteiger partial charge < -0.3 is 35.7 Å². The zero-order chi connectivity index (χ0) is 28.6. The number of aromatic nitrogens is 7. The van der Waals surface area contributed by atoms with Gasteiger partial charge in [-0.1, -0.05) is 20.8 Å². The maximum atomic E-state index is 11.6. The molecule has 0 atom stereocenters. The van der Waals surface area contributed by atoms with Crippen molar-refractivity contribution in [1.82, 2.24) is 34.5 Å². The van der Waals surface area contributed by atoms with E-state index in [1.54, 1.807) is 20.8 Å². The van der Waals surface area contributed by atoms with Crippen LogP contribution in [-0.4, -0.2) is 46.5 Å². The van der Waals surface area contributed by atoms with E-state index in [2.05, 4.69) is 35.4 Å². The summed E-state index contributed by atoms with van der Waals surface area (Å²) in [5, 5.41) is 72.2. The number of rotatable bonds is 6. The van der Waals surface area contributed by atoms with Crippen LogP contribution >= 0.6 is 0 Å². The van der Waals surface area contributed by atoms with Gasteiger partial charge in [0.05, 0.1) is 41.5 Å². The molecule has 0 spiro atoms. The van der Waals surface area contributed by atoms with E-state index >= 15 is 0 Å². The molecule has 0 aliphatic carbocycles. The second-order valence-corrected chi connectivity index (χ2v) is 8.89. The van der Waals surface area contributed by atoms with Gasteiger partial charge in [0.15, 0.2) is 17.3 Å². The molecule has 0 saturated carbocycles. The van der Waals surface area contributed by atoms with Gasteiger partial charge in [-0.05, 0) is 29.3 Å². The summed E-state index contributed by atoms with van der Waals surface area (Å²) in [5.74, 6) is -4.19. The number of hydrogen-bond acceptors (Lipinski definition) is 15. The number of nitriles is 1. The van der Waals surface area contributed by atoms with Crippen LogP contribution in [0.5, 0.6) is 12.0 Å². The monoisotopic (exact) mass is 685 g/mol. The fourth-order valence-corrected chi connectivity index (χ4v) is 3.37. The van der Waals surface area contributed by atoms with Gasteiger partial charge in [-0.25, -0.2) is 19.6 Å². The molecule has 2 N–H and O–H groups in total. The van der Waals surface area contributed by atoms with Gasteiger partial charge in [-0.2, -0.15) is 20.1 Å². The van der Waals surface area contributed by atoms with E-state index in [-0.39, 0.29) is 240 Å². The molecule has 0 fully saturated rings. The maximum Gasteiger partial charge on any atom is 1.00 e. The number of carbonyl (C=O) groups is 2. The van der Waals surface area contributed by atoms with Gasteiger partial charge in [0, 0.05) is 5.41 Å². The summed E-state index contributed by atoms with van der Waals surface area (Å²) in [6.07, 6.45) is 1.10. The second-order valence-electron chi connectivity index (χ2n) is 8.89. The summed E-state index contributed by atoms with van der Waals surface area (Å²) in [5.41, 5.74) is 4.52. The molecule has 0 bridgehead atoms. The minimum absolute atomic E-state index is 0. The summed E-state index contributed by atoms with van der Waals surface area (Å²) in [6, 6.07) is 2.62. The number of carbonyl (C=O) groups excluding carboxylic acids is 2. The fraction of sp³-hybridized carbons (Fsp3) is 0.182. The number of nitrogens with zero attached hydrogens (tertiary/aromatic N) is 10. The van der Waals surface area contributed by atoms with Crippen LogP contribution in [0.4, 0.5) is 17.3 Å². The van der Waals surface area contributed by atoms with Crippen LogP contribution in [-0.2, 0) is 5.41 Å². The predicted octanol–water partition coefficient (Wildman–Crippen LogP) is -13.7. The number of benzene rings is 1. The summed E-state index contributed by atoms with van der Waals surface area (Å²) >= 11 is 0. The molecule has 0 aliphatic heterocycles. The standard InChI is InChI=1S/C22H19N11O6.4K/c1-22(2,3)14-13(15(24)33(31-14)19-26-20(38)28-21(39)27-19)29-30-16-11(7-23)8-25-32(16)12-5-9(17(34)35)4-10(6-12)18(36)37;;;;/h4-6,8H,24H2,1-3H3,(H,34,35)(H,36,37)(H2,26,27,28,38,39);;;;/q;4*+1/p-4. The first-order chi connectivity index (χ1) is 18.3. The average Bonchev–Trinajstić information content (AvgIpc) is 3.42. The van der Waals surface area contributed by atoms with Crippen molar-refractivity contribution in [3.05, 3.63) is 46.8 Å². The van der Waals surface area contributed by atoms with Crippen molar-refractivity contribution in [3.63, 3.8) is 0 Å². The first-order valence-electron chi connectivity index (χ1n) is 10.8. The van der Waals surface area contributed by atoms with E-state index in [0.717, 1.165) is 33.8 Å². The van der Waals surface area contributed by atoms with Crippen molar-refractivity contribution in [2.24, 2.45) is 10.2 Å². The third-order valence-electron chi connectivity index (χ3n) is 5.12. The first kappa shape index (κ1) is 43.6. The van der Waals surface area contributed by atoms with E-state index in [9.17, 15) is 35.3 Å². The van der Waals surface area contributed by atoms with Crippen molar-refractivity contribution in [2.45, 2.75) is 26.2 Å². The Bertz CT molecular complexity index is 1680. The molecule has 3 heterocycles. The van der Waals surface area contributed by atoms with Crippen molar-refractivity contribution < 1.29 is 236 Å². The van der Waals surface area contributed by atoms with Crippen molar-refractivity contribution in [1.29, 1.82) is 5.26 Å². The Kier molecular flexibility index (Phi) is 18.5. The molecule has 43 heavy (non-hydrogen) atoms. The van der Waals surface area contributed by atoms with Crippen LogP contribution in [0.1, 0.15) is 52.7 Å². The molecule has 3 aromatic heterocycles. The van der Waals surface area contributed by atoms with E-state index in [0.29, 0.717) is 0 Å². The number of carboxylic acids is 2. The molecular formula is C22H15K4N11O6. The Morgan fingerprint density at radius 3 is 1.91 bits per heavy atom. The molecule has 21 heteroatoms. The summed E-state index contributed by atoms with van der Waals surface area (Å²) < 4.78 is 1.90. The van der Waals surface area contributed by atoms with Gasteiger partial charge in [0.25, 0.3) is 5.95 Å². The summed E-state index contributed by atoms with van der Waals surface area (Å²) in [7, 11) is 0. The molecule has 0 saturated heterocycles. The quantitative estimate of drug-likeness (QED) is 0.146. The minimum atomic E-state index is -1.66. The first-order valence-corrected chi connectivity index (χ1v) is 10.8.